The number of carbonyl (C=O) groups excluding carboxylic acids is 1. The van der Waals surface area contributed by atoms with Gasteiger partial charge in [0.25, 0.3) is 0 Å². The molecule has 1 aromatic heterocycles. The average molecular weight is 425 g/mol. The first-order valence-electron chi connectivity index (χ1n) is 5.30. The molecule has 0 saturated heterocycles. The summed E-state index contributed by atoms with van der Waals surface area (Å²) in [6.07, 6.45) is 0. The third-order valence-electron chi connectivity index (χ3n) is 2.36. The summed E-state index contributed by atoms with van der Waals surface area (Å²) in [5, 5.41) is 0.609. The number of rotatable bonds is 3. The highest BCUT2D eigenvalue weighted by Crippen LogP contribution is 2.35. The van der Waals surface area contributed by atoms with E-state index < -0.39 is 0 Å². The Hall–Kier alpha value is -0.430. The molecule has 0 saturated carbocycles. The summed E-state index contributed by atoms with van der Waals surface area (Å²) < 4.78 is 1.81. The molecule has 3 nitrogen and oxygen atoms in total. The van der Waals surface area contributed by atoms with Crippen molar-refractivity contribution in [2.45, 2.75) is 12.8 Å². The van der Waals surface area contributed by atoms with Crippen LogP contribution in [0.2, 0.25) is 0 Å². The molecule has 2 aromatic rings. The number of benzene rings is 1. The molecule has 0 bridgehead atoms. The third-order valence-corrected chi connectivity index (χ3v) is 4.95. The first kappa shape index (κ1) is 15.0. The van der Waals surface area contributed by atoms with Crippen molar-refractivity contribution in [2.24, 2.45) is 0 Å². The quantitative estimate of drug-likeness (QED) is 0.643. The standard InChI is InChI=1S/C12H9Br2ClN2OS/c1-7(18)17(9-4-2-8(13)3-5-9)12-16-10(6-15)11(14)19-12/h2-5H,6H2,1H3. The van der Waals surface area contributed by atoms with Crippen molar-refractivity contribution in [3.63, 3.8) is 0 Å². The van der Waals surface area contributed by atoms with Crippen LogP contribution in [0.1, 0.15) is 12.6 Å². The number of thiazole rings is 1. The Kier molecular flexibility index (Phi) is 5.00. The number of nitrogens with zero attached hydrogens (tertiary/aromatic N) is 2. The molecule has 0 radical (unpaired) electrons. The van der Waals surface area contributed by atoms with E-state index in [4.69, 9.17) is 11.6 Å². The first-order chi connectivity index (χ1) is 9.02. The lowest BCUT2D eigenvalue weighted by atomic mass is 10.3. The topological polar surface area (TPSA) is 33.2 Å². The fourth-order valence-electron chi connectivity index (χ4n) is 1.52. The molecule has 1 heterocycles. The molecule has 0 unspecified atom stereocenters. The zero-order valence-corrected chi connectivity index (χ0v) is 14.6. The van der Waals surface area contributed by atoms with Gasteiger partial charge in [-0.25, -0.2) is 4.98 Å². The van der Waals surface area contributed by atoms with Gasteiger partial charge in [0.2, 0.25) is 5.91 Å². The van der Waals surface area contributed by atoms with Crippen LogP contribution in [0.25, 0.3) is 0 Å². The maximum absolute atomic E-state index is 11.9. The Balaban J connectivity index is 2.45. The second-order valence-electron chi connectivity index (χ2n) is 3.68. The maximum Gasteiger partial charge on any atom is 0.230 e. The number of aromatic nitrogens is 1. The lowest BCUT2D eigenvalue weighted by Crippen LogP contribution is -2.22. The summed E-state index contributed by atoms with van der Waals surface area (Å²) >= 11 is 14.0. The smallest absolute Gasteiger partial charge is 0.230 e. The number of hydrogen-bond acceptors (Lipinski definition) is 3. The van der Waals surface area contributed by atoms with E-state index >= 15 is 0 Å². The molecule has 1 amide bonds. The van der Waals surface area contributed by atoms with Gasteiger partial charge in [0, 0.05) is 11.4 Å². The molecule has 7 heteroatoms. The summed E-state index contributed by atoms with van der Waals surface area (Å²) in [7, 11) is 0. The van der Waals surface area contributed by atoms with E-state index in [1.54, 1.807) is 4.90 Å². The monoisotopic (exact) mass is 422 g/mol. The van der Waals surface area contributed by atoms with Gasteiger partial charge >= 0.3 is 0 Å². The molecule has 0 spiro atoms. The molecule has 0 N–H and O–H groups in total. The Morgan fingerprint density at radius 1 is 1.37 bits per heavy atom. The molecule has 0 atom stereocenters. The molecule has 19 heavy (non-hydrogen) atoms. The van der Waals surface area contributed by atoms with Gasteiger partial charge in [-0.3, -0.25) is 9.69 Å². The second kappa shape index (κ2) is 6.35. The zero-order chi connectivity index (χ0) is 14.0. The molecule has 100 valence electrons. The Bertz CT molecular complexity index is 600. The molecule has 0 aliphatic carbocycles. The van der Waals surface area contributed by atoms with Crippen LogP contribution in [0.3, 0.4) is 0 Å². The van der Waals surface area contributed by atoms with Crippen LogP contribution in [0.5, 0.6) is 0 Å². The van der Waals surface area contributed by atoms with Gasteiger partial charge in [0.15, 0.2) is 5.13 Å². The van der Waals surface area contributed by atoms with Gasteiger partial charge in [-0.05, 0) is 40.2 Å². The SMILES string of the molecule is CC(=O)N(c1ccc(Br)cc1)c1nc(CCl)c(Br)s1. The number of alkyl halides is 1. The summed E-state index contributed by atoms with van der Waals surface area (Å²) in [6, 6.07) is 7.50. The summed E-state index contributed by atoms with van der Waals surface area (Å²) in [4.78, 5) is 17.8. The highest BCUT2D eigenvalue weighted by Gasteiger charge is 2.19. The summed E-state index contributed by atoms with van der Waals surface area (Å²) in [6.45, 7) is 1.51. The van der Waals surface area contributed by atoms with Crippen LogP contribution < -0.4 is 4.90 Å². The van der Waals surface area contributed by atoms with Crippen LogP contribution in [0.15, 0.2) is 32.5 Å². The van der Waals surface area contributed by atoms with Crippen molar-refractivity contribution >= 4 is 71.5 Å². The number of hydrogen-bond donors (Lipinski definition) is 0. The highest BCUT2D eigenvalue weighted by molar-refractivity contribution is 9.11. The molecular formula is C12H9Br2ClN2OS. The normalized spacial score (nSPS) is 10.5. The predicted molar refractivity (Wildman–Crippen MR) is 86.3 cm³/mol. The lowest BCUT2D eigenvalue weighted by Gasteiger charge is -2.17. The van der Waals surface area contributed by atoms with Crippen LogP contribution in [-0.4, -0.2) is 10.9 Å². The largest absolute Gasteiger partial charge is 0.274 e. The molecule has 2 rings (SSSR count). The van der Waals surface area contributed by atoms with E-state index in [0.29, 0.717) is 11.0 Å². The van der Waals surface area contributed by atoms with Crippen LogP contribution in [-0.2, 0) is 10.7 Å². The fraction of sp³-hybridized carbons (Fsp3) is 0.167. The minimum Gasteiger partial charge on any atom is -0.274 e. The maximum atomic E-state index is 11.9. The number of halogens is 3. The summed E-state index contributed by atoms with van der Waals surface area (Å²) in [5.41, 5.74) is 1.52. The summed E-state index contributed by atoms with van der Waals surface area (Å²) in [5.74, 6) is 0.216. The van der Waals surface area contributed by atoms with E-state index in [2.05, 4.69) is 36.8 Å². The third kappa shape index (κ3) is 3.37. The highest BCUT2D eigenvalue weighted by atomic mass is 79.9. The molecule has 0 fully saturated rings. The number of carbonyl (C=O) groups is 1. The Morgan fingerprint density at radius 2 is 2.00 bits per heavy atom. The van der Waals surface area contributed by atoms with Crippen LogP contribution >= 0.6 is 54.8 Å². The van der Waals surface area contributed by atoms with Gasteiger partial charge in [-0.2, -0.15) is 0 Å². The van der Waals surface area contributed by atoms with Crippen molar-refractivity contribution in [1.29, 1.82) is 0 Å². The number of amides is 1. The Morgan fingerprint density at radius 3 is 2.47 bits per heavy atom. The minimum atomic E-state index is -0.0929. The van der Waals surface area contributed by atoms with Crippen LogP contribution in [0, 0.1) is 0 Å². The molecule has 0 aliphatic heterocycles. The fourth-order valence-corrected chi connectivity index (χ4v) is 3.75. The van der Waals surface area contributed by atoms with Gasteiger partial charge in [0.05, 0.1) is 21.0 Å². The van der Waals surface area contributed by atoms with Crippen molar-refractivity contribution in [2.75, 3.05) is 4.90 Å². The van der Waals surface area contributed by atoms with Crippen molar-refractivity contribution in [3.05, 3.63) is 38.2 Å². The zero-order valence-electron chi connectivity index (χ0n) is 9.86. The van der Waals surface area contributed by atoms with Gasteiger partial charge in [0.1, 0.15) is 0 Å². The minimum absolute atomic E-state index is 0.0929. The first-order valence-corrected chi connectivity index (χ1v) is 8.24. The Labute approximate surface area is 136 Å². The average Bonchev–Trinajstić information content (AvgIpc) is 2.72. The van der Waals surface area contributed by atoms with Crippen molar-refractivity contribution in [3.8, 4) is 0 Å². The van der Waals surface area contributed by atoms with E-state index in [9.17, 15) is 4.79 Å². The van der Waals surface area contributed by atoms with Crippen molar-refractivity contribution < 1.29 is 4.79 Å². The van der Waals surface area contributed by atoms with E-state index in [0.717, 1.165) is 19.6 Å². The van der Waals surface area contributed by atoms with Crippen LogP contribution in [0.4, 0.5) is 10.8 Å². The second-order valence-corrected chi connectivity index (χ2v) is 7.16. The molecule has 0 aliphatic rings. The van der Waals surface area contributed by atoms with Gasteiger partial charge in [-0.1, -0.05) is 27.3 Å². The van der Waals surface area contributed by atoms with Gasteiger partial charge < -0.3 is 0 Å². The molecular weight excluding hydrogens is 415 g/mol. The predicted octanol–water partition coefficient (Wildman–Crippen LogP) is 5.09. The van der Waals surface area contributed by atoms with E-state index in [1.807, 2.05) is 24.3 Å². The van der Waals surface area contributed by atoms with E-state index in [1.165, 1.54) is 18.3 Å². The van der Waals surface area contributed by atoms with Crippen molar-refractivity contribution in [1.82, 2.24) is 4.98 Å². The van der Waals surface area contributed by atoms with E-state index in [-0.39, 0.29) is 5.91 Å². The van der Waals surface area contributed by atoms with Gasteiger partial charge in [-0.15, -0.1) is 11.6 Å². The molecule has 1 aromatic carbocycles. The number of anilines is 2. The lowest BCUT2D eigenvalue weighted by molar-refractivity contribution is -0.115.